The van der Waals surface area contributed by atoms with Crippen LogP contribution in [-0.2, 0) is 6.42 Å². The highest BCUT2D eigenvalue weighted by Gasteiger charge is 2.03. The number of H-pyrrole nitrogens is 1. The molecule has 0 atom stereocenters. The van der Waals surface area contributed by atoms with E-state index in [0.717, 1.165) is 35.2 Å². The molecule has 3 nitrogen and oxygen atoms in total. The Morgan fingerprint density at radius 1 is 1.10 bits per heavy atom. The zero-order valence-electron chi connectivity index (χ0n) is 12.4. The number of nitrogens with one attached hydrogen (secondary N) is 1. The van der Waals surface area contributed by atoms with Crippen molar-refractivity contribution in [3.05, 3.63) is 40.2 Å². The fraction of sp³-hybridized carbons (Fsp3) is 0.471. The quantitative estimate of drug-likeness (QED) is 0.773. The maximum absolute atomic E-state index is 12.1. The van der Waals surface area contributed by atoms with E-state index in [2.05, 4.69) is 11.9 Å². The van der Waals surface area contributed by atoms with Gasteiger partial charge in [0.15, 0.2) is 5.43 Å². The van der Waals surface area contributed by atoms with Crippen molar-refractivity contribution in [1.82, 2.24) is 4.98 Å². The molecular weight excluding hydrogens is 250 g/mol. The monoisotopic (exact) mass is 273 g/mol. The van der Waals surface area contributed by atoms with Crippen molar-refractivity contribution in [1.29, 1.82) is 0 Å². The van der Waals surface area contributed by atoms with Crippen LogP contribution < -0.4 is 10.2 Å². The van der Waals surface area contributed by atoms with Crippen LogP contribution in [0.2, 0.25) is 0 Å². The lowest BCUT2D eigenvalue weighted by Gasteiger charge is -2.06. The lowest BCUT2D eigenvalue weighted by molar-refractivity contribution is 0.415. The number of hydrogen-bond donors (Lipinski definition) is 1. The van der Waals surface area contributed by atoms with Crippen LogP contribution in [0.15, 0.2) is 29.1 Å². The molecular formula is C17H23NO2. The van der Waals surface area contributed by atoms with Crippen LogP contribution in [0.1, 0.15) is 44.7 Å². The van der Waals surface area contributed by atoms with Crippen molar-refractivity contribution in [2.75, 3.05) is 7.11 Å². The van der Waals surface area contributed by atoms with Crippen LogP contribution in [0.25, 0.3) is 10.9 Å². The van der Waals surface area contributed by atoms with Gasteiger partial charge < -0.3 is 9.72 Å². The number of benzene rings is 1. The Morgan fingerprint density at radius 2 is 1.90 bits per heavy atom. The smallest absolute Gasteiger partial charge is 0.189 e. The van der Waals surface area contributed by atoms with Crippen molar-refractivity contribution in [3.8, 4) is 5.75 Å². The topological polar surface area (TPSA) is 42.1 Å². The Kier molecular flexibility index (Phi) is 5.22. The molecule has 0 aliphatic rings. The third-order valence-electron chi connectivity index (χ3n) is 3.64. The zero-order valence-corrected chi connectivity index (χ0v) is 12.4. The molecule has 0 radical (unpaired) electrons. The lowest BCUT2D eigenvalue weighted by Crippen LogP contribution is -2.05. The predicted molar refractivity (Wildman–Crippen MR) is 83.6 cm³/mol. The van der Waals surface area contributed by atoms with Gasteiger partial charge in [0.2, 0.25) is 0 Å². The van der Waals surface area contributed by atoms with E-state index < -0.39 is 0 Å². The van der Waals surface area contributed by atoms with Crippen LogP contribution in [-0.4, -0.2) is 12.1 Å². The highest BCUT2D eigenvalue weighted by molar-refractivity contribution is 5.80. The van der Waals surface area contributed by atoms with Crippen molar-refractivity contribution in [2.24, 2.45) is 0 Å². The second kappa shape index (κ2) is 7.13. The molecule has 0 aliphatic heterocycles. The summed E-state index contributed by atoms with van der Waals surface area (Å²) in [6, 6.07) is 7.26. The van der Waals surface area contributed by atoms with Crippen LogP contribution in [0, 0.1) is 0 Å². The molecule has 0 amide bonds. The molecule has 0 unspecified atom stereocenters. The van der Waals surface area contributed by atoms with Gasteiger partial charge in [0.1, 0.15) is 5.75 Å². The van der Waals surface area contributed by atoms with Gasteiger partial charge in [0.05, 0.1) is 12.6 Å². The van der Waals surface area contributed by atoms with Gasteiger partial charge in [-0.15, -0.1) is 0 Å². The Bertz CT molecular complexity index is 616. The number of aryl methyl sites for hydroxylation is 1. The summed E-state index contributed by atoms with van der Waals surface area (Å²) in [6.07, 6.45) is 7.13. The first-order valence-corrected chi connectivity index (χ1v) is 7.44. The molecule has 0 saturated carbocycles. The first-order valence-electron chi connectivity index (χ1n) is 7.44. The van der Waals surface area contributed by atoms with Gasteiger partial charge in [-0.25, -0.2) is 0 Å². The second-order valence-electron chi connectivity index (χ2n) is 5.23. The molecule has 2 rings (SSSR count). The molecule has 0 fully saturated rings. The maximum Gasteiger partial charge on any atom is 0.189 e. The molecule has 0 bridgehead atoms. The van der Waals surface area contributed by atoms with Gasteiger partial charge in [-0.05, 0) is 25.0 Å². The summed E-state index contributed by atoms with van der Waals surface area (Å²) in [5.41, 5.74) is 1.97. The van der Waals surface area contributed by atoms with E-state index in [1.165, 1.54) is 25.7 Å². The molecule has 2 aromatic rings. The van der Waals surface area contributed by atoms with E-state index in [1.807, 2.05) is 18.2 Å². The number of aromatic amines is 1. The summed E-state index contributed by atoms with van der Waals surface area (Å²) in [6.45, 7) is 2.22. The van der Waals surface area contributed by atoms with Crippen molar-refractivity contribution >= 4 is 10.9 Å². The average molecular weight is 273 g/mol. The minimum atomic E-state index is 0.0879. The van der Waals surface area contributed by atoms with Gasteiger partial charge >= 0.3 is 0 Å². The zero-order chi connectivity index (χ0) is 14.4. The molecule has 1 N–H and O–H groups in total. The highest BCUT2D eigenvalue weighted by atomic mass is 16.5. The Balaban J connectivity index is 2.12. The Labute approximate surface area is 120 Å². The van der Waals surface area contributed by atoms with Gasteiger partial charge in [-0.3, -0.25) is 4.79 Å². The van der Waals surface area contributed by atoms with Crippen LogP contribution >= 0.6 is 0 Å². The summed E-state index contributed by atoms with van der Waals surface area (Å²) < 4.78 is 5.21. The van der Waals surface area contributed by atoms with E-state index in [-0.39, 0.29) is 5.43 Å². The number of pyridine rings is 1. The van der Waals surface area contributed by atoms with E-state index in [0.29, 0.717) is 0 Å². The summed E-state index contributed by atoms with van der Waals surface area (Å²) >= 11 is 0. The largest absolute Gasteiger partial charge is 0.497 e. The number of unbranched alkanes of at least 4 members (excludes halogenated alkanes) is 4. The minimum Gasteiger partial charge on any atom is -0.497 e. The molecule has 0 aliphatic carbocycles. The number of rotatable bonds is 7. The standard InChI is InChI=1S/C17H23NO2/c1-3-4-5-6-7-8-13-11-17(19)15-10-9-14(20-2)12-16(15)18-13/h9-12H,3-8H2,1-2H3,(H,18,19). The number of hydrogen-bond acceptors (Lipinski definition) is 2. The van der Waals surface area contributed by atoms with Gasteiger partial charge in [-0.1, -0.05) is 32.6 Å². The summed E-state index contributed by atoms with van der Waals surface area (Å²) in [7, 11) is 1.64. The predicted octanol–water partition coefficient (Wildman–Crippen LogP) is 4.05. The van der Waals surface area contributed by atoms with E-state index in [9.17, 15) is 4.79 Å². The van der Waals surface area contributed by atoms with Gasteiger partial charge in [-0.2, -0.15) is 0 Å². The number of aromatic nitrogens is 1. The minimum absolute atomic E-state index is 0.0879. The number of methoxy groups -OCH3 is 1. The third kappa shape index (κ3) is 3.62. The third-order valence-corrected chi connectivity index (χ3v) is 3.64. The van der Waals surface area contributed by atoms with Crippen LogP contribution in [0.4, 0.5) is 0 Å². The Hall–Kier alpha value is -1.77. The van der Waals surface area contributed by atoms with Crippen molar-refractivity contribution in [3.63, 3.8) is 0 Å². The maximum atomic E-state index is 12.1. The molecule has 3 heteroatoms. The van der Waals surface area contributed by atoms with E-state index >= 15 is 0 Å². The molecule has 1 aromatic carbocycles. The summed E-state index contributed by atoms with van der Waals surface area (Å²) in [5, 5.41) is 0.723. The van der Waals surface area contributed by atoms with Gasteiger partial charge in [0, 0.05) is 23.2 Å². The first kappa shape index (κ1) is 14.6. The highest BCUT2D eigenvalue weighted by Crippen LogP contribution is 2.17. The molecule has 20 heavy (non-hydrogen) atoms. The van der Waals surface area contributed by atoms with Crippen LogP contribution in [0.5, 0.6) is 5.75 Å². The lowest BCUT2D eigenvalue weighted by atomic mass is 10.1. The molecule has 0 spiro atoms. The second-order valence-corrected chi connectivity index (χ2v) is 5.23. The van der Waals surface area contributed by atoms with Crippen molar-refractivity contribution in [2.45, 2.75) is 45.4 Å². The fourth-order valence-electron chi connectivity index (χ4n) is 2.47. The number of fused-ring (bicyclic) bond motifs is 1. The number of ether oxygens (including phenoxy) is 1. The summed E-state index contributed by atoms with van der Waals surface area (Å²) in [5.74, 6) is 0.772. The normalized spacial score (nSPS) is 10.9. The van der Waals surface area contributed by atoms with Gasteiger partial charge in [0.25, 0.3) is 0 Å². The fourth-order valence-corrected chi connectivity index (χ4v) is 2.47. The first-order chi connectivity index (χ1) is 9.74. The van der Waals surface area contributed by atoms with Crippen molar-refractivity contribution < 1.29 is 4.74 Å². The SMILES string of the molecule is CCCCCCCc1cc(=O)c2ccc(OC)cc2[nH]1. The van der Waals surface area contributed by atoms with E-state index in [4.69, 9.17) is 4.74 Å². The summed E-state index contributed by atoms with van der Waals surface area (Å²) in [4.78, 5) is 15.4. The van der Waals surface area contributed by atoms with Crippen LogP contribution in [0.3, 0.4) is 0 Å². The Morgan fingerprint density at radius 3 is 2.65 bits per heavy atom. The molecule has 108 valence electrons. The average Bonchev–Trinajstić information content (AvgIpc) is 2.46. The molecule has 0 saturated heterocycles. The molecule has 1 heterocycles. The van der Waals surface area contributed by atoms with E-state index in [1.54, 1.807) is 13.2 Å². The molecule has 1 aromatic heterocycles.